The number of carbonyl (C=O) groups excluding carboxylic acids is 2. The van der Waals surface area contributed by atoms with Gasteiger partial charge in [0.1, 0.15) is 5.82 Å². The van der Waals surface area contributed by atoms with Crippen LogP contribution in [0.25, 0.3) is 0 Å². The first-order valence-electron chi connectivity index (χ1n) is 8.89. The second-order valence-corrected chi connectivity index (χ2v) is 7.92. The zero-order valence-electron chi connectivity index (χ0n) is 15.7. The maximum atomic E-state index is 14.2. The molecular weight excluding hydrogens is 365 g/mol. The van der Waals surface area contributed by atoms with Crippen molar-refractivity contribution in [3.63, 3.8) is 0 Å². The molecule has 1 aliphatic rings. The summed E-state index contributed by atoms with van der Waals surface area (Å²) < 4.78 is 14.2. The standard InChI is InChI=1S/C20H24FN3O2S/c1-13-4-5-17(16(21)8-13)24-11-15(9-19(24)25)20(26)22-10-18(23(2)3)14-6-7-27-12-14/h4-8,12,15,18H,9-11H2,1-3H3,(H,22,26). The van der Waals surface area contributed by atoms with E-state index in [0.29, 0.717) is 6.54 Å². The molecular formula is C20H24FN3O2S. The topological polar surface area (TPSA) is 52.7 Å². The number of amides is 2. The second-order valence-electron chi connectivity index (χ2n) is 7.14. The van der Waals surface area contributed by atoms with Crippen LogP contribution in [-0.4, -0.2) is 43.9 Å². The van der Waals surface area contributed by atoms with Gasteiger partial charge in [0.15, 0.2) is 0 Å². The summed E-state index contributed by atoms with van der Waals surface area (Å²) in [4.78, 5) is 28.4. The van der Waals surface area contributed by atoms with Gasteiger partial charge in [-0.2, -0.15) is 11.3 Å². The summed E-state index contributed by atoms with van der Waals surface area (Å²) in [7, 11) is 3.94. The first-order chi connectivity index (χ1) is 12.9. The zero-order valence-corrected chi connectivity index (χ0v) is 16.6. The maximum absolute atomic E-state index is 14.2. The van der Waals surface area contributed by atoms with Crippen LogP contribution < -0.4 is 10.2 Å². The van der Waals surface area contributed by atoms with Crippen molar-refractivity contribution in [3.8, 4) is 0 Å². The van der Waals surface area contributed by atoms with Crippen molar-refractivity contribution in [2.24, 2.45) is 5.92 Å². The van der Waals surface area contributed by atoms with E-state index in [1.807, 2.05) is 25.5 Å². The molecule has 27 heavy (non-hydrogen) atoms. The summed E-state index contributed by atoms with van der Waals surface area (Å²) in [5.74, 6) is -1.29. The van der Waals surface area contributed by atoms with E-state index < -0.39 is 11.7 Å². The Labute approximate surface area is 162 Å². The lowest BCUT2D eigenvalue weighted by Gasteiger charge is -2.24. The van der Waals surface area contributed by atoms with Gasteiger partial charge in [-0.3, -0.25) is 9.59 Å². The van der Waals surface area contributed by atoms with Crippen molar-refractivity contribution < 1.29 is 14.0 Å². The molecule has 1 saturated heterocycles. The maximum Gasteiger partial charge on any atom is 0.227 e. The van der Waals surface area contributed by atoms with Crippen molar-refractivity contribution in [1.29, 1.82) is 0 Å². The van der Waals surface area contributed by atoms with E-state index in [1.54, 1.807) is 30.4 Å². The van der Waals surface area contributed by atoms with E-state index in [0.717, 1.165) is 11.1 Å². The smallest absolute Gasteiger partial charge is 0.227 e. The van der Waals surface area contributed by atoms with E-state index in [9.17, 15) is 14.0 Å². The number of nitrogens with zero attached hydrogens (tertiary/aromatic N) is 2. The molecule has 7 heteroatoms. The predicted molar refractivity (Wildman–Crippen MR) is 105 cm³/mol. The quantitative estimate of drug-likeness (QED) is 0.826. The van der Waals surface area contributed by atoms with Crippen molar-refractivity contribution in [2.45, 2.75) is 19.4 Å². The molecule has 2 heterocycles. The van der Waals surface area contributed by atoms with Gasteiger partial charge in [-0.1, -0.05) is 6.07 Å². The van der Waals surface area contributed by atoms with Crippen LogP contribution in [0.4, 0.5) is 10.1 Å². The predicted octanol–water partition coefficient (Wildman–Crippen LogP) is 2.97. The Kier molecular flexibility index (Phi) is 5.92. The van der Waals surface area contributed by atoms with Crippen molar-refractivity contribution in [1.82, 2.24) is 10.2 Å². The number of aryl methyl sites for hydroxylation is 1. The van der Waals surface area contributed by atoms with Gasteiger partial charge in [0, 0.05) is 19.5 Å². The molecule has 2 amide bonds. The highest BCUT2D eigenvalue weighted by Crippen LogP contribution is 2.28. The van der Waals surface area contributed by atoms with Crippen LogP contribution in [0.15, 0.2) is 35.0 Å². The molecule has 3 rings (SSSR count). The molecule has 0 spiro atoms. The Hall–Kier alpha value is -2.25. The third kappa shape index (κ3) is 4.36. The number of nitrogens with one attached hydrogen (secondary N) is 1. The molecule has 0 radical (unpaired) electrons. The summed E-state index contributed by atoms with van der Waals surface area (Å²) in [5.41, 5.74) is 2.18. The van der Waals surface area contributed by atoms with Gasteiger partial charge in [0.25, 0.3) is 0 Å². The fourth-order valence-corrected chi connectivity index (χ4v) is 4.06. The molecule has 2 atom stereocenters. The summed E-state index contributed by atoms with van der Waals surface area (Å²) >= 11 is 1.62. The third-order valence-corrected chi connectivity index (χ3v) is 5.61. The molecule has 2 aromatic rings. The molecule has 1 aromatic heterocycles. The first-order valence-corrected chi connectivity index (χ1v) is 9.84. The fraction of sp³-hybridized carbons (Fsp3) is 0.400. The lowest BCUT2D eigenvalue weighted by atomic mass is 10.1. The second kappa shape index (κ2) is 8.19. The van der Waals surface area contributed by atoms with Crippen LogP contribution in [0.5, 0.6) is 0 Å². The SMILES string of the molecule is Cc1ccc(N2CC(C(=O)NCC(c3ccsc3)N(C)C)CC2=O)c(F)c1. The van der Waals surface area contributed by atoms with Gasteiger partial charge in [0.05, 0.1) is 17.6 Å². The van der Waals surface area contributed by atoms with E-state index in [1.165, 1.54) is 11.0 Å². The number of anilines is 1. The van der Waals surface area contributed by atoms with Gasteiger partial charge in [-0.05, 0) is 61.1 Å². The third-order valence-electron chi connectivity index (χ3n) is 4.91. The van der Waals surface area contributed by atoms with E-state index in [4.69, 9.17) is 0 Å². The van der Waals surface area contributed by atoms with Crippen molar-refractivity contribution in [3.05, 3.63) is 52.0 Å². The lowest BCUT2D eigenvalue weighted by molar-refractivity contribution is -0.126. The average molecular weight is 389 g/mol. The highest BCUT2D eigenvalue weighted by molar-refractivity contribution is 7.07. The van der Waals surface area contributed by atoms with Crippen LogP contribution in [0.2, 0.25) is 0 Å². The average Bonchev–Trinajstić information content (AvgIpc) is 3.25. The summed E-state index contributed by atoms with van der Waals surface area (Å²) in [5, 5.41) is 7.04. The Bertz CT molecular complexity index is 823. The highest BCUT2D eigenvalue weighted by atomic mass is 32.1. The lowest BCUT2D eigenvalue weighted by Crippen LogP contribution is -2.38. The molecule has 2 unspecified atom stereocenters. The number of hydrogen-bond donors (Lipinski definition) is 1. The molecule has 1 fully saturated rings. The molecule has 1 aromatic carbocycles. The van der Waals surface area contributed by atoms with Crippen molar-refractivity contribution in [2.75, 3.05) is 32.1 Å². The Morgan fingerprint density at radius 1 is 1.41 bits per heavy atom. The van der Waals surface area contributed by atoms with E-state index in [-0.39, 0.29) is 36.5 Å². The van der Waals surface area contributed by atoms with Gasteiger partial charge >= 0.3 is 0 Å². The molecule has 0 aliphatic carbocycles. The van der Waals surface area contributed by atoms with Gasteiger partial charge < -0.3 is 15.1 Å². The number of likely N-dealkylation sites (N-methyl/N-ethyl adjacent to an activating group) is 1. The molecule has 144 valence electrons. The normalized spacial score (nSPS) is 18.2. The minimum absolute atomic E-state index is 0.0722. The largest absolute Gasteiger partial charge is 0.354 e. The molecule has 0 saturated carbocycles. The summed E-state index contributed by atoms with van der Waals surface area (Å²) in [6, 6.07) is 6.88. The van der Waals surface area contributed by atoms with Gasteiger partial charge in [-0.15, -0.1) is 0 Å². The fourth-order valence-electron chi connectivity index (χ4n) is 3.35. The van der Waals surface area contributed by atoms with Crippen LogP contribution in [0.3, 0.4) is 0 Å². The minimum atomic E-state index is -0.469. The molecule has 5 nitrogen and oxygen atoms in total. The van der Waals surface area contributed by atoms with Crippen LogP contribution in [-0.2, 0) is 9.59 Å². The molecule has 1 N–H and O–H groups in total. The van der Waals surface area contributed by atoms with Gasteiger partial charge in [0.2, 0.25) is 11.8 Å². The number of thiophene rings is 1. The number of benzene rings is 1. The summed E-state index contributed by atoms with van der Waals surface area (Å²) in [6.45, 7) is 2.46. The Balaban J connectivity index is 1.63. The summed E-state index contributed by atoms with van der Waals surface area (Å²) in [6.07, 6.45) is 0.101. The number of carbonyl (C=O) groups is 2. The minimum Gasteiger partial charge on any atom is -0.354 e. The van der Waals surface area contributed by atoms with E-state index in [2.05, 4.69) is 15.6 Å². The first kappa shape index (κ1) is 19.5. The monoisotopic (exact) mass is 389 g/mol. The van der Waals surface area contributed by atoms with Crippen molar-refractivity contribution >= 4 is 28.8 Å². The zero-order chi connectivity index (χ0) is 19.6. The number of hydrogen-bond acceptors (Lipinski definition) is 4. The Morgan fingerprint density at radius 2 is 2.19 bits per heavy atom. The van der Waals surface area contributed by atoms with Crippen LogP contribution in [0.1, 0.15) is 23.6 Å². The van der Waals surface area contributed by atoms with Crippen LogP contribution in [0, 0.1) is 18.7 Å². The molecule has 0 bridgehead atoms. The number of rotatable bonds is 6. The highest BCUT2D eigenvalue weighted by Gasteiger charge is 2.36. The van der Waals surface area contributed by atoms with Gasteiger partial charge in [-0.25, -0.2) is 4.39 Å². The number of halogens is 1. The van der Waals surface area contributed by atoms with Crippen LogP contribution >= 0.6 is 11.3 Å². The Morgan fingerprint density at radius 3 is 2.81 bits per heavy atom. The molecule has 1 aliphatic heterocycles. The van der Waals surface area contributed by atoms with E-state index >= 15 is 0 Å².